The largest absolute Gasteiger partial charge is 0.350 e. The average Bonchev–Trinajstić information content (AvgIpc) is 2.99. The Kier molecular flexibility index (Phi) is 4.18. The Morgan fingerprint density at radius 2 is 2.35 bits per heavy atom. The van der Waals surface area contributed by atoms with Gasteiger partial charge in [-0.2, -0.15) is 0 Å². The van der Waals surface area contributed by atoms with Gasteiger partial charge in [0.2, 0.25) is 0 Å². The molecule has 0 saturated heterocycles. The van der Waals surface area contributed by atoms with Crippen molar-refractivity contribution in [2.45, 2.75) is 13.0 Å². The Hall–Kier alpha value is -1.31. The third-order valence-electron chi connectivity index (χ3n) is 2.11. The quantitative estimate of drug-likeness (QED) is 0.848. The molecule has 0 aromatic carbocycles. The van der Waals surface area contributed by atoms with Gasteiger partial charge in [-0.3, -0.25) is 4.79 Å². The van der Waals surface area contributed by atoms with Crippen molar-refractivity contribution >= 4 is 28.6 Å². The maximum Gasteiger partial charge on any atom is 0.270 e. The van der Waals surface area contributed by atoms with Crippen LogP contribution < -0.4 is 11.1 Å². The lowest BCUT2D eigenvalue weighted by molar-refractivity contribution is 0.0949. The van der Waals surface area contributed by atoms with Gasteiger partial charge in [-0.25, -0.2) is 9.97 Å². The van der Waals surface area contributed by atoms with Crippen LogP contribution in [0.4, 0.5) is 0 Å². The van der Waals surface area contributed by atoms with Gasteiger partial charge in [-0.1, -0.05) is 0 Å². The van der Waals surface area contributed by atoms with Gasteiger partial charge in [-0.15, -0.1) is 22.7 Å². The summed E-state index contributed by atoms with van der Waals surface area (Å²) in [5.41, 5.74) is 8.65. The van der Waals surface area contributed by atoms with Gasteiger partial charge >= 0.3 is 0 Å². The van der Waals surface area contributed by atoms with Crippen LogP contribution >= 0.6 is 22.7 Å². The van der Waals surface area contributed by atoms with Gasteiger partial charge in [0.1, 0.15) is 10.7 Å². The number of aromatic nitrogens is 2. The van der Waals surface area contributed by atoms with E-state index in [1.807, 2.05) is 5.38 Å². The summed E-state index contributed by atoms with van der Waals surface area (Å²) in [6, 6.07) is 0. The molecule has 7 heteroatoms. The number of carbonyl (C=O) groups is 1. The zero-order valence-electron chi connectivity index (χ0n) is 9.05. The minimum Gasteiger partial charge on any atom is -0.350 e. The molecule has 1 amide bonds. The van der Waals surface area contributed by atoms with E-state index in [0.29, 0.717) is 18.8 Å². The molecule has 0 unspecified atom stereocenters. The monoisotopic (exact) mass is 268 g/mol. The summed E-state index contributed by atoms with van der Waals surface area (Å²) < 4.78 is 0. The number of nitrogens with two attached hydrogens (primary N) is 1. The molecule has 0 spiro atoms. The molecule has 0 aliphatic rings. The van der Waals surface area contributed by atoms with Crippen molar-refractivity contribution in [2.75, 3.05) is 6.54 Å². The van der Waals surface area contributed by atoms with Crippen LogP contribution in [0.5, 0.6) is 0 Å². The molecule has 0 aliphatic heterocycles. The van der Waals surface area contributed by atoms with Gasteiger partial charge in [0, 0.05) is 30.3 Å². The molecule has 2 aromatic rings. The van der Waals surface area contributed by atoms with Crippen molar-refractivity contribution < 1.29 is 4.79 Å². The Morgan fingerprint density at radius 1 is 1.47 bits per heavy atom. The second kappa shape index (κ2) is 5.85. The fraction of sp³-hybridized carbons (Fsp3) is 0.300. The number of rotatable bonds is 5. The van der Waals surface area contributed by atoms with E-state index >= 15 is 0 Å². The normalized spacial score (nSPS) is 10.4. The SMILES string of the molecule is NCc1nc(C(=O)NCCc2cscn2)cs1. The molecule has 5 nitrogen and oxygen atoms in total. The summed E-state index contributed by atoms with van der Waals surface area (Å²) in [7, 11) is 0. The highest BCUT2D eigenvalue weighted by molar-refractivity contribution is 7.09. The van der Waals surface area contributed by atoms with E-state index in [-0.39, 0.29) is 5.91 Å². The van der Waals surface area contributed by atoms with E-state index in [9.17, 15) is 4.79 Å². The van der Waals surface area contributed by atoms with E-state index in [0.717, 1.165) is 17.1 Å². The average molecular weight is 268 g/mol. The second-order valence-electron chi connectivity index (χ2n) is 3.32. The molecular weight excluding hydrogens is 256 g/mol. The first-order valence-corrected chi connectivity index (χ1v) is 6.91. The second-order valence-corrected chi connectivity index (χ2v) is 4.98. The highest BCUT2D eigenvalue weighted by Crippen LogP contribution is 2.08. The van der Waals surface area contributed by atoms with Crippen LogP contribution in [-0.4, -0.2) is 22.4 Å². The van der Waals surface area contributed by atoms with Crippen molar-refractivity contribution in [3.05, 3.63) is 32.7 Å². The van der Waals surface area contributed by atoms with Crippen molar-refractivity contribution in [1.82, 2.24) is 15.3 Å². The van der Waals surface area contributed by atoms with Crippen LogP contribution in [0.1, 0.15) is 21.2 Å². The molecule has 0 saturated carbocycles. The molecule has 2 aromatic heterocycles. The highest BCUT2D eigenvalue weighted by atomic mass is 32.1. The minimum atomic E-state index is -0.156. The zero-order chi connectivity index (χ0) is 12.1. The minimum absolute atomic E-state index is 0.156. The maximum atomic E-state index is 11.7. The van der Waals surface area contributed by atoms with Crippen LogP contribution in [0, 0.1) is 0 Å². The van der Waals surface area contributed by atoms with E-state index in [4.69, 9.17) is 5.73 Å². The van der Waals surface area contributed by atoms with E-state index in [1.54, 1.807) is 22.2 Å². The lowest BCUT2D eigenvalue weighted by Crippen LogP contribution is -2.26. The summed E-state index contributed by atoms with van der Waals surface area (Å²) in [5, 5.41) is 7.27. The standard InChI is InChI=1S/C10H12N4OS2/c11-3-9-14-8(5-17-9)10(15)12-2-1-7-4-16-6-13-7/h4-6H,1-3,11H2,(H,12,15). The smallest absolute Gasteiger partial charge is 0.270 e. The van der Waals surface area contributed by atoms with Crippen LogP contribution in [0.25, 0.3) is 0 Å². The number of hydrogen-bond donors (Lipinski definition) is 2. The van der Waals surface area contributed by atoms with Crippen LogP contribution in [0.3, 0.4) is 0 Å². The molecule has 2 heterocycles. The first-order chi connectivity index (χ1) is 8.29. The predicted molar refractivity (Wildman–Crippen MR) is 68.2 cm³/mol. The van der Waals surface area contributed by atoms with Gasteiger partial charge in [0.25, 0.3) is 5.91 Å². The maximum absolute atomic E-state index is 11.7. The third kappa shape index (κ3) is 3.32. The van der Waals surface area contributed by atoms with E-state index in [2.05, 4.69) is 15.3 Å². The lowest BCUT2D eigenvalue weighted by atomic mass is 10.3. The summed E-state index contributed by atoms with van der Waals surface area (Å²) in [6.45, 7) is 0.939. The molecule has 3 N–H and O–H groups in total. The molecule has 0 bridgehead atoms. The molecule has 0 fully saturated rings. The fourth-order valence-corrected chi connectivity index (χ4v) is 2.51. The lowest BCUT2D eigenvalue weighted by Gasteiger charge is -2.00. The van der Waals surface area contributed by atoms with Crippen molar-refractivity contribution in [2.24, 2.45) is 5.73 Å². The van der Waals surface area contributed by atoms with Crippen molar-refractivity contribution in [1.29, 1.82) is 0 Å². The Balaban J connectivity index is 1.81. The molecular formula is C10H12N4OS2. The van der Waals surface area contributed by atoms with Gasteiger partial charge in [0.15, 0.2) is 0 Å². The number of nitrogens with one attached hydrogen (secondary N) is 1. The fourth-order valence-electron chi connectivity index (χ4n) is 1.26. The number of amides is 1. The number of thiazole rings is 2. The highest BCUT2D eigenvalue weighted by Gasteiger charge is 2.09. The Morgan fingerprint density at radius 3 is 3.00 bits per heavy atom. The van der Waals surface area contributed by atoms with Gasteiger partial charge < -0.3 is 11.1 Å². The predicted octanol–water partition coefficient (Wildman–Crippen LogP) is 1.03. The van der Waals surface area contributed by atoms with E-state index in [1.165, 1.54) is 11.3 Å². The molecule has 17 heavy (non-hydrogen) atoms. The number of carbonyl (C=O) groups excluding carboxylic acids is 1. The summed E-state index contributed by atoms with van der Waals surface area (Å²) in [5.74, 6) is -0.156. The Bertz CT molecular complexity index is 480. The van der Waals surface area contributed by atoms with Crippen LogP contribution in [0.15, 0.2) is 16.3 Å². The van der Waals surface area contributed by atoms with Crippen LogP contribution in [0.2, 0.25) is 0 Å². The molecule has 0 radical (unpaired) electrons. The Labute approximate surface area is 107 Å². The molecule has 90 valence electrons. The van der Waals surface area contributed by atoms with Gasteiger partial charge in [-0.05, 0) is 0 Å². The zero-order valence-corrected chi connectivity index (χ0v) is 10.7. The topological polar surface area (TPSA) is 80.9 Å². The van der Waals surface area contributed by atoms with Crippen LogP contribution in [-0.2, 0) is 13.0 Å². The van der Waals surface area contributed by atoms with Gasteiger partial charge in [0.05, 0.1) is 11.2 Å². The summed E-state index contributed by atoms with van der Waals surface area (Å²) >= 11 is 2.95. The molecule has 0 aliphatic carbocycles. The first-order valence-electron chi connectivity index (χ1n) is 5.09. The van der Waals surface area contributed by atoms with Crippen molar-refractivity contribution in [3.8, 4) is 0 Å². The molecule has 0 atom stereocenters. The molecule has 2 rings (SSSR count). The first kappa shape index (κ1) is 12.2. The number of nitrogens with zero attached hydrogens (tertiary/aromatic N) is 2. The summed E-state index contributed by atoms with van der Waals surface area (Å²) in [4.78, 5) is 19.9. The van der Waals surface area contributed by atoms with E-state index < -0.39 is 0 Å². The summed E-state index contributed by atoms with van der Waals surface area (Å²) in [6.07, 6.45) is 0.739. The third-order valence-corrected chi connectivity index (χ3v) is 3.62. The number of hydrogen-bond acceptors (Lipinski definition) is 6. The van der Waals surface area contributed by atoms with Crippen molar-refractivity contribution in [3.63, 3.8) is 0 Å².